The van der Waals surface area contributed by atoms with Crippen molar-refractivity contribution in [1.29, 1.82) is 0 Å². The van der Waals surface area contributed by atoms with E-state index in [0.717, 1.165) is 11.3 Å². The largest absolute Gasteiger partial charge is 0.387 e. The third kappa shape index (κ3) is 3.66. The molecule has 0 aliphatic carbocycles. The Morgan fingerprint density at radius 3 is 2.62 bits per heavy atom. The summed E-state index contributed by atoms with van der Waals surface area (Å²) in [5.74, 6) is 0.623. The van der Waals surface area contributed by atoms with Crippen molar-refractivity contribution in [2.75, 3.05) is 31.2 Å². The van der Waals surface area contributed by atoms with E-state index < -0.39 is 6.10 Å². The van der Waals surface area contributed by atoms with Crippen LogP contribution in [0, 0.1) is 0 Å². The first-order valence-electron chi connectivity index (χ1n) is 8.35. The smallest absolute Gasteiger partial charge is 0.255 e. The molecular formula is C18H23N3O3. The molecule has 0 spiro atoms. The lowest BCUT2D eigenvalue weighted by Gasteiger charge is -2.30. The lowest BCUT2D eigenvalue weighted by molar-refractivity contribution is 0.120. The minimum Gasteiger partial charge on any atom is -0.387 e. The molecule has 0 bridgehead atoms. The van der Waals surface area contributed by atoms with Crippen LogP contribution < -0.4 is 10.5 Å². The normalized spacial score (nSPS) is 16.2. The SMILES string of the molecule is CCc1cc(=O)n(C[C@@H](O)c2ccccc2)c(N2CCOCC2)n1. The van der Waals surface area contributed by atoms with Gasteiger partial charge in [0, 0.05) is 24.8 Å². The highest BCUT2D eigenvalue weighted by atomic mass is 16.5. The minimum atomic E-state index is -0.752. The molecule has 1 fully saturated rings. The zero-order valence-corrected chi connectivity index (χ0v) is 13.9. The number of hydrogen-bond donors (Lipinski definition) is 1. The monoisotopic (exact) mass is 329 g/mol. The van der Waals surface area contributed by atoms with Crippen molar-refractivity contribution >= 4 is 5.95 Å². The Morgan fingerprint density at radius 2 is 1.96 bits per heavy atom. The average Bonchev–Trinajstić information content (AvgIpc) is 2.64. The lowest BCUT2D eigenvalue weighted by Crippen LogP contribution is -2.41. The van der Waals surface area contributed by atoms with Gasteiger partial charge in [0.2, 0.25) is 5.95 Å². The second-order valence-corrected chi connectivity index (χ2v) is 5.88. The van der Waals surface area contributed by atoms with Crippen molar-refractivity contribution in [3.8, 4) is 0 Å². The Kier molecular flexibility index (Phi) is 5.27. The van der Waals surface area contributed by atoms with Crippen molar-refractivity contribution in [3.63, 3.8) is 0 Å². The highest BCUT2D eigenvalue weighted by Gasteiger charge is 2.20. The molecule has 2 aromatic rings. The molecule has 1 aromatic heterocycles. The fourth-order valence-corrected chi connectivity index (χ4v) is 2.85. The Bertz CT molecular complexity index is 724. The van der Waals surface area contributed by atoms with Gasteiger partial charge >= 0.3 is 0 Å². The Labute approximate surface area is 141 Å². The van der Waals surface area contributed by atoms with Gasteiger partial charge in [-0.05, 0) is 12.0 Å². The second kappa shape index (κ2) is 7.59. The predicted octanol–water partition coefficient (Wildman–Crippen LogP) is 1.38. The fourth-order valence-electron chi connectivity index (χ4n) is 2.85. The number of benzene rings is 1. The summed E-state index contributed by atoms with van der Waals surface area (Å²) < 4.78 is 6.96. The summed E-state index contributed by atoms with van der Waals surface area (Å²) in [5, 5.41) is 10.5. The van der Waals surface area contributed by atoms with E-state index in [1.165, 1.54) is 0 Å². The molecule has 3 rings (SSSR count). The minimum absolute atomic E-state index is 0.127. The number of morpholine rings is 1. The average molecular weight is 329 g/mol. The van der Waals surface area contributed by atoms with E-state index in [4.69, 9.17) is 4.74 Å². The Morgan fingerprint density at radius 1 is 1.25 bits per heavy atom. The molecule has 128 valence electrons. The van der Waals surface area contributed by atoms with Crippen LogP contribution in [0.25, 0.3) is 0 Å². The van der Waals surface area contributed by atoms with E-state index in [0.29, 0.717) is 38.7 Å². The second-order valence-electron chi connectivity index (χ2n) is 5.88. The topological polar surface area (TPSA) is 67.6 Å². The number of ether oxygens (including phenoxy) is 1. The molecule has 1 aromatic carbocycles. The first-order valence-corrected chi connectivity index (χ1v) is 8.35. The molecule has 6 heteroatoms. The number of aliphatic hydroxyl groups is 1. The third-order valence-corrected chi connectivity index (χ3v) is 4.24. The molecule has 1 N–H and O–H groups in total. The van der Waals surface area contributed by atoms with Gasteiger partial charge in [-0.1, -0.05) is 37.3 Å². The van der Waals surface area contributed by atoms with E-state index in [2.05, 4.69) is 9.88 Å². The van der Waals surface area contributed by atoms with Crippen molar-refractivity contribution in [3.05, 3.63) is 58.0 Å². The molecular weight excluding hydrogens is 306 g/mol. The summed E-state index contributed by atoms with van der Waals surface area (Å²) in [5.41, 5.74) is 1.43. The van der Waals surface area contributed by atoms with Crippen LogP contribution in [0.3, 0.4) is 0 Å². The maximum absolute atomic E-state index is 12.6. The summed E-state index contributed by atoms with van der Waals surface area (Å²) in [6, 6.07) is 10.9. The number of aliphatic hydroxyl groups excluding tert-OH is 1. The summed E-state index contributed by atoms with van der Waals surface area (Å²) in [6.45, 7) is 4.80. The van der Waals surface area contributed by atoms with Crippen LogP contribution in [-0.4, -0.2) is 41.0 Å². The van der Waals surface area contributed by atoms with Crippen molar-refractivity contribution < 1.29 is 9.84 Å². The van der Waals surface area contributed by atoms with E-state index in [1.807, 2.05) is 37.3 Å². The summed E-state index contributed by atoms with van der Waals surface area (Å²) >= 11 is 0. The summed E-state index contributed by atoms with van der Waals surface area (Å²) in [7, 11) is 0. The lowest BCUT2D eigenvalue weighted by atomic mass is 10.1. The quantitative estimate of drug-likeness (QED) is 0.897. The van der Waals surface area contributed by atoms with Gasteiger partial charge in [0.1, 0.15) is 0 Å². The summed E-state index contributed by atoms with van der Waals surface area (Å²) in [6.07, 6.45) is -0.0488. The van der Waals surface area contributed by atoms with Crippen LogP contribution in [0.1, 0.15) is 24.3 Å². The number of aromatic nitrogens is 2. The van der Waals surface area contributed by atoms with Gasteiger partial charge in [0.15, 0.2) is 0 Å². The number of nitrogens with zero attached hydrogens (tertiary/aromatic N) is 3. The van der Waals surface area contributed by atoms with Crippen molar-refractivity contribution in [2.24, 2.45) is 0 Å². The van der Waals surface area contributed by atoms with E-state index >= 15 is 0 Å². The number of anilines is 1. The molecule has 24 heavy (non-hydrogen) atoms. The molecule has 0 saturated carbocycles. The summed E-state index contributed by atoms with van der Waals surface area (Å²) in [4.78, 5) is 19.3. The van der Waals surface area contributed by atoms with Crippen LogP contribution in [0.15, 0.2) is 41.2 Å². The van der Waals surface area contributed by atoms with Gasteiger partial charge in [-0.3, -0.25) is 9.36 Å². The first-order chi connectivity index (χ1) is 11.7. The number of aryl methyl sites for hydroxylation is 1. The maximum Gasteiger partial charge on any atom is 0.255 e. The zero-order valence-electron chi connectivity index (χ0n) is 13.9. The number of hydrogen-bond acceptors (Lipinski definition) is 5. The van der Waals surface area contributed by atoms with E-state index in [-0.39, 0.29) is 12.1 Å². The molecule has 0 unspecified atom stereocenters. The van der Waals surface area contributed by atoms with Crippen LogP contribution in [-0.2, 0) is 17.7 Å². The molecule has 0 amide bonds. The molecule has 6 nitrogen and oxygen atoms in total. The fraction of sp³-hybridized carbons (Fsp3) is 0.444. The highest BCUT2D eigenvalue weighted by molar-refractivity contribution is 5.33. The zero-order chi connectivity index (χ0) is 16.9. The van der Waals surface area contributed by atoms with Crippen LogP contribution in [0.4, 0.5) is 5.95 Å². The first kappa shape index (κ1) is 16.7. The van der Waals surface area contributed by atoms with E-state index in [9.17, 15) is 9.90 Å². The van der Waals surface area contributed by atoms with Crippen LogP contribution in [0.2, 0.25) is 0 Å². The van der Waals surface area contributed by atoms with Gasteiger partial charge in [-0.2, -0.15) is 0 Å². The molecule has 1 atom stereocenters. The van der Waals surface area contributed by atoms with Crippen LogP contribution in [0.5, 0.6) is 0 Å². The molecule has 1 aliphatic rings. The van der Waals surface area contributed by atoms with Crippen molar-refractivity contribution in [2.45, 2.75) is 26.0 Å². The third-order valence-electron chi connectivity index (χ3n) is 4.24. The highest BCUT2D eigenvalue weighted by Crippen LogP contribution is 2.18. The number of rotatable bonds is 5. The predicted molar refractivity (Wildman–Crippen MR) is 92.3 cm³/mol. The Balaban J connectivity index is 1.94. The maximum atomic E-state index is 12.6. The van der Waals surface area contributed by atoms with Gasteiger partial charge in [0.05, 0.1) is 25.9 Å². The standard InChI is InChI=1S/C18H23N3O3/c1-2-15-12-17(23)21(13-16(22)14-6-4-3-5-7-14)18(19-15)20-8-10-24-11-9-20/h3-7,12,16,22H,2,8-11,13H2,1H3/t16-/m1/s1. The van der Waals surface area contributed by atoms with Gasteiger partial charge < -0.3 is 14.7 Å². The molecule has 0 radical (unpaired) electrons. The van der Waals surface area contributed by atoms with Crippen LogP contribution >= 0.6 is 0 Å². The van der Waals surface area contributed by atoms with E-state index in [1.54, 1.807) is 10.6 Å². The van der Waals surface area contributed by atoms with Gasteiger partial charge in [-0.15, -0.1) is 0 Å². The molecule has 1 aliphatic heterocycles. The van der Waals surface area contributed by atoms with Gasteiger partial charge in [-0.25, -0.2) is 4.98 Å². The van der Waals surface area contributed by atoms with Gasteiger partial charge in [0.25, 0.3) is 5.56 Å². The van der Waals surface area contributed by atoms with Crippen molar-refractivity contribution in [1.82, 2.24) is 9.55 Å². The Hall–Kier alpha value is -2.18. The molecule has 2 heterocycles. The molecule has 1 saturated heterocycles.